The maximum absolute atomic E-state index is 12.0. The van der Waals surface area contributed by atoms with Crippen LogP contribution in [0.3, 0.4) is 0 Å². The summed E-state index contributed by atoms with van der Waals surface area (Å²) in [5.74, 6) is 1.04. The number of anilines is 1. The van der Waals surface area contributed by atoms with E-state index in [1.807, 2.05) is 0 Å². The van der Waals surface area contributed by atoms with E-state index < -0.39 is 12.1 Å². The summed E-state index contributed by atoms with van der Waals surface area (Å²) in [6.07, 6.45) is -0.752. The van der Waals surface area contributed by atoms with Gasteiger partial charge in [-0.25, -0.2) is 4.79 Å². The second kappa shape index (κ2) is 6.65. The molecule has 0 bridgehead atoms. The number of hydrogen-bond donors (Lipinski definition) is 1. The molecular formula is C16H17NO4. The van der Waals surface area contributed by atoms with E-state index in [1.165, 1.54) is 0 Å². The highest BCUT2D eigenvalue weighted by atomic mass is 16.6. The fourth-order valence-electron chi connectivity index (χ4n) is 1.70. The number of carbonyl (C=O) groups excluding carboxylic acids is 1. The third-order valence-corrected chi connectivity index (χ3v) is 2.76. The number of rotatable bonds is 5. The van der Waals surface area contributed by atoms with Crippen LogP contribution < -0.4 is 19.9 Å². The Hall–Kier alpha value is -2.69. The average molecular weight is 287 g/mol. The maximum atomic E-state index is 12.0. The molecule has 2 aromatic rings. The molecular weight excluding hydrogens is 270 g/mol. The van der Waals surface area contributed by atoms with Gasteiger partial charge in [0.2, 0.25) is 0 Å². The largest absolute Gasteiger partial charge is 0.497 e. The zero-order chi connectivity index (χ0) is 15.2. The van der Waals surface area contributed by atoms with E-state index in [-0.39, 0.29) is 0 Å². The Morgan fingerprint density at radius 2 is 1.71 bits per heavy atom. The molecule has 0 unspecified atom stereocenters. The van der Waals surface area contributed by atoms with Gasteiger partial charge >= 0.3 is 5.97 Å². The molecule has 2 N–H and O–H groups in total. The normalized spacial score (nSPS) is 11.5. The van der Waals surface area contributed by atoms with E-state index in [0.717, 1.165) is 0 Å². The quantitative estimate of drug-likeness (QED) is 0.520. The van der Waals surface area contributed by atoms with E-state index in [1.54, 1.807) is 62.6 Å². The average Bonchev–Trinajstić information content (AvgIpc) is 2.47. The standard InChI is InChI=1S/C16H17NO4/c1-11(20-14-7-3-5-12(17)9-14)16(18)21-15-8-4-6-13(10-15)19-2/h3-11H,17H2,1-2H3/t11-/m1/s1. The molecule has 0 saturated heterocycles. The number of benzene rings is 2. The van der Waals surface area contributed by atoms with Crippen LogP contribution in [0.25, 0.3) is 0 Å². The molecule has 0 aliphatic heterocycles. The number of esters is 1. The molecule has 0 saturated carbocycles. The smallest absolute Gasteiger partial charge is 0.352 e. The zero-order valence-corrected chi connectivity index (χ0v) is 11.9. The van der Waals surface area contributed by atoms with Gasteiger partial charge in [0.05, 0.1) is 7.11 Å². The van der Waals surface area contributed by atoms with Crippen LogP contribution in [0.5, 0.6) is 17.2 Å². The van der Waals surface area contributed by atoms with Gasteiger partial charge in [-0.15, -0.1) is 0 Å². The first kappa shape index (κ1) is 14.7. The summed E-state index contributed by atoms with van der Waals surface area (Å²) in [6.45, 7) is 1.62. The van der Waals surface area contributed by atoms with E-state index >= 15 is 0 Å². The Bertz CT molecular complexity index is 627. The highest BCUT2D eigenvalue weighted by Gasteiger charge is 2.17. The molecule has 110 valence electrons. The molecule has 1 atom stereocenters. The topological polar surface area (TPSA) is 70.8 Å². The van der Waals surface area contributed by atoms with Crippen LogP contribution in [0.4, 0.5) is 5.69 Å². The number of ether oxygens (including phenoxy) is 3. The molecule has 0 amide bonds. The van der Waals surface area contributed by atoms with Crippen molar-refractivity contribution in [3.63, 3.8) is 0 Å². The second-order valence-electron chi connectivity index (χ2n) is 4.43. The Kier molecular flexibility index (Phi) is 4.66. The summed E-state index contributed by atoms with van der Waals surface area (Å²) in [6, 6.07) is 13.7. The summed E-state index contributed by atoms with van der Waals surface area (Å²) in [7, 11) is 1.55. The molecule has 0 fully saturated rings. The molecule has 0 aromatic heterocycles. The number of carbonyl (C=O) groups is 1. The van der Waals surface area contributed by atoms with Crippen LogP contribution in [0.15, 0.2) is 48.5 Å². The first-order chi connectivity index (χ1) is 10.1. The Labute approximate surface area is 123 Å². The van der Waals surface area contributed by atoms with Crippen LogP contribution in [0.1, 0.15) is 6.92 Å². The minimum absolute atomic E-state index is 0.405. The number of methoxy groups -OCH3 is 1. The van der Waals surface area contributed by atoms with Crippen molar-refractivity contribution in [2.75, 3.05) is 12.8 Å². The van der Waals surface area contributed by atoms with Crippen LogP contribution in [0, 0.1) is 0 Å². The van der Waals surface area contributed by atoms with Crippen LogP contribution in [-0.2, 0) is 4.79 Å². The molecule has 0 radical (unpaired) electrons. The molecule has 21 heavy (non-hydrogen) atoms. The van der Waals surface area contributed by atoms with Gasteiger partial charge in [0, 0.05) is 17.8 Å². The fraction of sp³-hybridized carbons (Fsp3) is 0.188. The van der Waals surface area contributed by atoms with Crippen molar-refractivity contribution in [2.45, 2.75) is 13.0 Å². The van der Waals surface area contributed by atoms with Gasteiger partial charge in [-0.2, -0.15) is 0 Å². The monoisotopic (exact) mass is 287 g/mol. The van der Waals surface area contributed by atoms with Crippen molar-refractivity contribution < 1.29 is 19.0 Å². The summed E-state index contributed by atoms with van der Waals surface area (Å²) in [5, 5.41) is 0. The Balaban J connectivity index is 1.99. The van der Waals surface area contributed by atoms with Crippen molar-refractivity contribution in [1.29, 1.82) is 0 Å². The number of nitrogen functional groups attached to an aromatic ring is 1. The molecule has 5 heteroatoms. The maximum Gasteiger partial charge on any atom is 0.352 e. The van der Waals surface area contributed by atoms with Crippen molar-refractivity contribution in [2.24, 2.45) is 0 Å². The zero-order valence-electron chi connectivity index (χ0n) is 11.9. The van der Waals surface area contributed by atoms with Gasteiger partial charge in [-0.3, -0.25) is 0 Å². The number of hydrogen-bond acceptors (Lipinski definition) is 5. The lowest BCUT2D eigenvalue weighted by Gasteiger charge is -2.14. The van der Waals surface area contributed by atoms with Crippen LogP contribution in [-0.4, -0.2) is 19.2 Å². The molecule has 2 aromatic carbocycles. The predicted molar refractivity (Wildman–Crippen MR) is 79.6 cm³/mol. The summed E-state index contributed by atoms with van der Waals surface area (Å²) < 4.78 is 15.8. The SMILES string of the molecule is COc1cccc(OC(=O)[C@@H](C)Oc2cccc(N)c2)c1. The first-order valence-corrected chi connectivity index (χ1v) is 6.46. The van der Waals surface area contributed by atoms with Gasteiger partial charge in [0.15, 0.2) is 6.10 Å². The number of nitrogens with two attached hydrogens (primary N) is 1. The minimum atomic E-state index is -0.752. The van der Waals surface area contributed by atoms with Crippen molar-refractivity contribution in [3.05, 3.63) is 48.5 Å². The predicted octanol–water partition coefficient (Wildman–Crippen LogP) is 2.65. The molecule has 2 rings (SSSR count). The highest BCUT2D eigenvalue weighted by molar-refractivity contribution is 5.77. The highest BCUT2D eigenvalue weighted by Crippen LogP contribution is 2.20. The van der Waals surface area contributed by atoms with Gasteiger partial charge in [0.1, 0.15) is 17.2 Å². The lowest BCUT2D eigenvalue weighted by atomic mass is 10.3. The lowest BCUT2D eigenvalue weighted by molar-refractivity contribution is -0.141. The molecule has 0 heterocycles. The molecule has 0 spiro atoms. The third kappa shape index (κ3) is 4.14. The summed E-state index contributed by atoms with van der Waals surface area (Å²) in [4.78, 5) is 12.0. The van der Waals surface area contributed by atoms with Crippen molar-refractivity contribution in [3.8, 4) is 17.2 Å². The van der Waals surface area contributed by atoms with Crippen molar-refractivity contribution in [1.82, 2.24) is 0 Å². The van der Waals surface area contributed by atoms with E-state index in [9.17, 15) is 4.79 Å². The van der Waals surface area contributed by atoms with Crippen LogP contribution in [0.2, 0.25) is 0 Å². The minimum Gasteiger partial charge on any atom is -0.497 e. The van der Waals surface area contributed by atoms with Gasteiger partial charge in [-0.1, -0.05) is 12.1 Å². The molecule has 5 nitrogen and oxygen atoms in total. The first-order valence-electron chi connectivity index (χ1n) is 6.46. The third-order valence-electron chi connectivity index (χ3n) is 2.76. The van der Waals surface area contributed by atoms with E-state index in [0.29, 0.717) is 22.9 Å². The van der Waals surface area contributed by atoms with Crippen molar-refractivity contribution >= 4 is 11.7 Å². The lowest BCUT2D eigenvalue weighted by Crippen LogP contribution is -2.28. The summed E-state index contributed by atoms with van der Waals surface area (Å²) in [5.41, 5.74) is 6.23. The van der Waals surface area contributed by atoms with E-state index in [2.05, 4.69) is 0 Å². The van der Waals surface area contributed by atoms with E-state index in [4.69, 9.17) is 19.9 Å². The molecule has 0 aliphatic rings. The van der Waals surface area contributed by atoms with Crippen LogP contribution >= 0.6 is 0 Å². The Morgan fingerprint density at radius 3 is 2.43 bits per heavy atom. The molecule has 0 aliphatic carbocycles. The van der Waals surface area contributed by atoms with Gasteiger partial charge in [-0.05, 0) is 31.2 Å². The second-order valence-corrected chi connectivity index (χ2v) is 4.43. The van der Waals surface area contributed by atoms with Gasteiger partial charge < -0.3 is 19.9 Å². The fourth-order valence-corrected chi connectivity index (χ4v) is 1.70. The Morgan fingerprint density at radius 1 is 1.05 bits per heavy atom. The van der Waals surface area contributed by atoms with Gasteiger partial charge in [0.25, 0.3) is 0 Å². The summed E-state index contributed by atoms with van der Waals surface area (Å²) >= 11 is 0.